The van der Waals surface area contributed by atoms with Crippen molar-refractivity contribution in [1.29, 1.82) is 0 Å². The predicted molar refractivity (Wildman–Crippen MR) is 109 cm³/mol. The van der Waals surface area contributed by atoms with E-state index in [1.165, 1.54) is 36.4 Å². The van der Waals surface area contributed by atoms with Crippen LogP contribution in [0.5, 0.6) is 0 Å². The highest BCUT2D eigenvalue weighted by Gasteiger charge is 2.22. The molecule has 0 aliphatic carbocycles. The number of nitrogens with one attached hydrogen (secondary N) is 1. The standard InChI is InChI=1S/C23H28FN3/c1-2-26-13-7-9-20(26)15-25-14-19-17-27(23-12-6-4-10-21(19)23)16-18-8-3-5-11-22(18)24/h3-6,8,10-12,17,20,25H,2,7,9,13-16H2,1H3/t20-/m1/s1. The summed E-state index contributed by atoms with van der Waals surface area (Å²) in [4.78, 5) is 2.56. The van der Waals surface area contributed by atoms with E-state index in [-0.39, 0.29) is 5.82 Å². The van der Waals surface area contributed by atoms with Crippen LogP contribution in [0.4, 0.5) is 4.39 Å². The van der Waals surface area contributed by atoms with Crippen LogP contribution in [0.25, 0.3) is 10.9 Å². The van der Waals surface area contributed by atoms with Crippen molar-refractivity contribution in [2.24, 2.45) is 0 Å². The number of likely N-dealkylation sites (N-methyl/N-ethyl adjacent to an activating group) is 1. The van der Waals surface area contributed by atoms with E-state index in [1.807, 2.05) is 12.1 Å². The van der Waals surface area contributed by atoms with Crippen LogP contribution in [0.1, 0.15) is 30.9 Å². The molecule has 1 N–H and O–H groups in total. The summed E-state index contributed by atoms with van der Waals surface area (Å²) in [7, 11) is 0. The Bertz CT molecular complexity index is 902. The molecule has 4 heteroatoms. The first-order chi connectivity index (χ1) is 13.3. The van der Waals surface area contributed by atoms with Gasteiger partial charge in [0, 0.05) is 41.8 Å². The van der Waals surface area contributed by atoms with E-state index in [1.54, 1.807) is 6.07 Å². The molecular weight excluding hydrogens is 337 g/mol. The molecular formula is C23H28FN3. The molecule has 142 valence electrons. The molecule has 0 amide bonds. The minimum atomic E-state index is -0.143. The van der Waals surface area contributed by atoms with Crippen molar-refractivity contribution in [2.75, 3.05) is 19.6 Å². The summed E-state index contributed by atoms with van der Waals surface area (Å²) < 4.78 is 16.3. The average molecular weight is 365 g/mol. The molecule has 0 unspecified atom stereocenters. The van der Waals surface area contributed by atoms with Gasteiger partial charge in [0.1, 0.15) is 5.82 Å². The predicted octanol–water partition coefficient (Wildman–Crippen LogP) is 4.40. The zero-order chi connectivity index (χ0) is 18.6. The Labute approximate surface area is 160 Å². The fraction of sp³-hybridized carbons (Fsp3) is 0.391. The largest absolute Gasteiger partial charge is 0.343 e. The van der Waals surface area contributed by atoms with Crippen molar-refractivity contribution in [3.05, 3.63) is 71.7 Å². The van der Waals surface area contributed by atoms with Gasteiger partial charge in [-0.05, 0) is 43.6 Å². The maximum atomic E-state index is 14.1. The molecule has 2 heterocycles. The van der Waals surface area contributed by atoms with Gasteiger partial charge in [-0.1, -0.05) is 43.3 Å². The van der Waals surface area contributed by atoms with Gasteiger partial charge < -0.3 is 9.88 Å². The summed E-state index contributed by atoms with van der Waals surface area (Å²) in [5.74, 6) is -0.143. The SMILES string of the molecule is CCN1CCC[C@@H]1CNCc1cn(Cc2ccccc2F)c2ccccc12. The number of fused-ring (bicyclic) bond motifs is 1. The highest BCUT2D eigenvalue weighted by atomic mass is 19.1. The van der Waals surface area contributed by atoms with Gasteiger partial charge in [0.05, 0.1) is 6.54 Å². The van der Waals surface area contributed by atoms with E-state index >= 15 is 0 Å². The van der Waals surface area contributed by atoms with Crippen molar-refractivity contribution in [3.63, 3.8) is 0 Å². The number of rotatable bonds is 7. The Morgan fingerprint density at radius 1 is 1.07 bits per heavy atom. The quantitative estimate of drug-likeness (QED) is 0.670. The lowest BCUT2D eigenvalue weighted by Gasteiger charge is -2.22. The summed E-state index contributed by atoms with van der Waals surface area (Å²) in [5.41, 5.74) is 3.17. The van der Waals surface area contributed by atoms with Crippen LogP contribution in [0.2, 0.25) is 0 Å². The second kappa shape index (κ2) is 8.24. The molecule has 1 aliphatic heterocycles. The number of likely N-dealkylation sites (tertiary alicyclic amines) is 1. The number of benzene rings is 2. The van der Waals surface area contributed by atoms with Crippen molar-refractivity contribution >= 4 is 10.9 Å². The van der Waals surface area contributed by atoms with E-state index in [9.17, 15) is 4.39 Å². The van der Waals surface area contributed by atoms with Crippen LogP contribution >= 0.6 is 0 Å². The van der Waals surface area contributed by atoms with Crippen LogP contribution in [0.3, 0.4) is 0 Å². The minimum Gasteiger partial charge on any atom is -0.343 e. The smallest absolute Gasteiger partial charge is 0.128 e. The molecule has 0 radical (unpaired) electrons. The lowest BCUT2D eigenvalue weighted by Crippen LogP contribution is -2.37. The Hall–Kier alpha value is -2.17. The van der Waals surface area contributed by atoms with E-state index < -0.39 is 0 Å². The fourth-order valence-electron chi connectivity index (χ4n) is 4.32. The number of nitrogens with zero attached hydrogens (tertiary/aromatic N) is 2. The van der Waals surface area contributed by atoms with Crippen molar-refractivity contribution in [2.45, 2.75) is 38.9 Å². The molecule has 1 aromatic heterocycles. The van der Waals surface area contributed by atoms with Gasteiger partial charge in [-0.2, -0.15) is 0 Å². The van der Waals surface area contributed by atoms with E-state index in [0.717, 1.165) is 30.7 Å². The topological polar surface area (TPSA) is 20.2 Å². The lowest BCUT2D eigenvalue weighted by molar-refractivity contribution is 0.260. The highest BCUT2D eigenvalue weighted by molar-refractivity contribution is 5.84. The fourth-order valence-corrected chi connectivity index (χ4v) is 4.32. The normalized spacial score (nSPS) is 17.8. The lowest BCUT2D eigenvalue weighted by atomic mass is 10.1. The van der Waals surface area contributed by atoms with E-state index in [0.29, 0.717) is 12.6 Å². The third-order valence-corrected chi connectivity index (χ3v) is 5.77. The molecule has 4 rings (SSSR count). The summed E-state index contributed by atoms with van der Waals surface area (Å²) in [6, 6.07) is 16.1. The second-order valence-electron chi connectivity index (χ2n) is 7.45. The van der Waals surface area contributed by atoms with Gasteiger partial charge in [0.25, 0.3) is 0 Å². The number of hydrogen-bond acceptors (Lipinski definition) is 2. The van der Waals surface area contributed by atoms with Gasteiger partial charge >= 0.3 is 0 Å². The second-order valence-corrected chi connectivity index (χ2v) is 7.45. The molecule has 1 fully saturated rings. The molecule has 0 spiro atoms. The first-order valence-electron chi connectivity index (χ1n) is 10.0. The van der Waals surface area contributed by atoms with Gasteiger partial charge in [-0.3, -0.25) is 4.90 Å². The van der Waals surface area contributed by atoms with Gasteiger partial charge in [-0.25, -0.2) is 4.39 Å². The van der Waals surface area contributed by atoms with Crippen LogP contribution in [-0.2, 0) is 13.1 Å². The summed E-state index contributed by atoms with van der Waals surface area (Å²) in [6.45, 7) is 7.03. The number of aromatic nitrogens is 1. The Morgan fingerprint density at radius 3 is 2.74 bits per heavy atom. The van der Waals surface area contributed by atoms with Crippen molar-refractivity contribution in [1.82, 2.24) is 14.8 Å². The minimum absolute atomic E-state index is 0.143. The number of para-hydroxylation sites is 1. The third kappa shape index (κ3) is 3.92. The summed E-state index contributed by atoms with van der Waals surface area (Å²) >= 11 is 0. The monoisotopic (exact) mass is 365 g/mol. The van der Waals surface area contributed by atoms with Crippen LogP contribution in [0, 0.1) is 5.82 Å². The molecule has 1 atom stereocenters. The van der Waals surface area contributed by atoms with Gasteiger partial charge in [0.15, 0.2) is 0 Å². The van der Waals surface area contributed by atoms with E-state index in [2.05, 4.69) is 52.2 Å². The molecule has 1 saturated heterocycles. The molecule has 2 aromatic carbocycles. The van der Waals surface area contributed by atoms with Crippen molar-refractivity contribution < 1.29 is 4.39 Å². The first kappa shape index (κ1) is 18.2. The van der Waals surface area contributed by atoms with E-state index in [4.69, 9.17) is 0 Å². The van der Waals surface area contributed by atoms with Crippen LogP contribution in [0.15, 0.2) is 54.7 Å². The summed E-state index contributed by atoms with van der Waals surface area (Å²) in [6.07, 6.45) is 4.77. The van der Waals surface area contributed by atoms with Gasteiger partial charge in [-0.15, -0.1) is 0 Å². The van der Waals surface area contributed by atoms with Crippen molar-refractivity contribution in [3.8, 4) is 0 Å². The third-order valence-electron chi connectivity index (χ3n) is 5.77. The zero-order valence-corrected chi connectivity index (χ0v) is 16.0. The Balaban J connectivity index is 1.51. The molecule has 3 nitrogen and oxygen atoms in total. The molecule has 3 aromatic rings. The number of hydrogen-bond donors (Lipinski definition) is 1. The average Bonchev–Trinajstić information content (AvgIpc) is 3.29. The molecule has 27 heavy (non-hydrogen) atoms. The Morgan fingerprint density at radius 2 is 1.89 bits per heavy atom. The Kier molecular flexibility index (Phi) is 5.55. The van der Waals surface area contributed by atoms with Gasteiger partial charge in [0.2, 0.25) is 0 Å². The number of halogens is 1. The molecule has 0 saturated carbocycles. The first-order valence-corrected chi connectivity index (χ1v) is 10.0. The maximum Gasteiger partial charge on any atom is 0.128 e. The maximum absolute atomic E-state index is 14.1. The van der Waals surface area contributed by atoms with Crippen LogP contribution in [-0.4, -0.2) is 35.1 Å². The zero-order valence-electron chi connectivity index (χ0n) is 16.0. The summed E-state index contributed by atoms with van der Waals surface area (Å²) in [5, 5.41) is 4.91. The highest BCUT2D eigenvalue weighted by Crippen LogP contribution is 2.23. The molecule has 0 bridgehead atoms. The van der Waals surface area contributed by atoms with Crippen LogP contribution < -0.4 is 5.32 Å². The molecule has 1 aliphatic rings.